The van der Waals surface area contributed by atoms with Crippen molar-refractivity contribution >= 4 is 5.91 Å². The summed E-state index contributed by atoms with van der Waals surface area (Å²) in [6.45, 7) is 10.4. The Hall–Kier alpha value is -1.29. The van der Waals surface area contributed by atoms with Crippen molar-refractivity contribution in [2.75, 3.05) is 6.54 Å². The van der Waals surface area contributed by atoms with E-state index in [1.54, 1.807) is 0 Å². The Labute approximate surface area is 110 Å². The Morgan fingerprint density at radius 3 is 2.72 bits per heavy atom. The van der Waals surface area contributed by atoms with E-state index in [1.165, 1.54) is 0 Å². The Balaban J connectivity index is 2.52. The molecule has 0 spiro atoms. The summed E-state index contributed by atoms with van der Waals surface area (Å²) in [4.78, 5) is 11.7. The number of nitrogens with zero attached hydrogens (tertiary/aromatic N) is 1. The van der Waals surface area contributed by atoms with Gasteiger partial charge in [-0.2, -0.15) is 0 Å². The molecule has 2 N–H and O–H groups in total. The minimum Gasteiger partial charge on any atom is -0.355 e. The van der Waals surface area contributed by atoms with Gasteiger partial charge in [0.15, 0.2) is 0 Å². The van der Waals surface area contributed by atoms with Crippen LogP contribution in [0.25, 0.3) is 0 Å². The highest BCUT2D eigenvalue weighted by atomic mass is 16.1. The number of amides is 1. The van der Waals surface area contributed by atoms with Gasteiger partial charge in [0.2, 0.25) is 5.91 Å². The summed E-state index contributed by atoms with van der Waals surface area (Å²) in [5, 5.41) is 6.32. The molecule has 1 heterocycles. The monoisotopic (exact) mass is 251 g/mol. The molecule has 1 rings (SSSR count). The first-order valence-corrected chi connectivity index (χ1v) is 6.58. The maximum absolute atomic E-state index is 11.7. The lowest BCUT2D eigenvalue weighted by Crippen LogP contribution is -2.36. The SMILES string of the molecule is CCCNC(=O)Cn1cccc1CNC(C)(C)C. The second kappa shape index (κ2) is 6.59. The topological polar surface area (TPSA) is 46.1 Å². The number of carbonyl (C=O) groups is 1. The van der Waals surface area contributed by atoms with Gasteiger partial charge in [-0.25, -0.2) is 0 Å². The molecule has 4 nitrogen and oxygen atoms in total. The normalized spacial score (nSPS) is 11.6. The predicted molar refractivity (Wildman–Crippen MR) is 74.3 cm³/mol. The highest BCUT2D eigenvalue weighted by Crippen LogP contribution is 2.06. The van der Waals surface area contributed by atoms with Crippen LogP contribution in [-0.4, -0.2) is 22.6 Å². The average Bonchev–Trinajstić information content (AvgIpc) is 2.70. The van der Waals surface area contributed by atoms with Crippen LogP contribution in [0.2, 0.25) is 0 Å². The second-order valence-corrected chi connectivity index (χ2v) is 5.58. The third kappa shape index (κ3) is 5.36. The van der Waals surface area contributed by atoms with Gasteiger partial charge in [-0.3, -0.25) is 4.79 Å². The molecule has 0 unspecified atom stereocenters. The fourth-order valence-electron chi connectivity index (χ4n) is 1.59. The van der Waals surface area contributed by atoms with Crippen LogP contribution in [-0.2, 0) is 17.9 Å². The smallest absolute Gasteiger partial charge is 0.239 e. The Bertz CT molecular complexity index is 377. The number of rotatable bonds is 6. The molecule has 102 valence electrons. The Morgan fingerprint density at radius 1 is 1.39 bits per heavy atom. The largest absolute Gasteiger partial charge is 0.355 e. The number of hydrogen-bond acceptors (Lipinski definition) is 2. The molecule has 0 bridgehead atoms. The molecule has 0 radical (unpaired) electrons. The first kappa shape index (κ1) is 14.8. The van der Waals surface area contributed by atoms with E-state index >= 15 is 0 Å². The van der Waals surface area contributed by atoms with Gasteiger partial charge in [-0.1, -0.05) is 6.92 Å². The molecule has 0 aliphatic carbocycles. The number of nitrogens with one attached hydrogen (secondary N) is 2. The standard InChI is InChI=1S/C14H25N3O/c1-5-8-15-13(18)11-17-9-6-7-12(17)10-16-14(2,3)4/h6-7,9,16H,5,8,10-11H2,1-4H3,(H,15,18). The molecule has 0 aliphatic rings. The van der Waals surface area contributed by atoms with Crippen LogP contribution in [0.4, 0.5) is 0 Å². The van der Waals surface area contributed by atoms with Crippen LogP contribution in [0.3, 0.4) is 0 Å². The molecule has 0 saturated carbocycles. The van der Waals surface area contributed by atoms with Crippen molar-refractivity contribution in [1.29, 1.82) is 0 Å². The highest BCUT2D eigenvalue weighted by Gasteiger charge is 2.11. The molecule has 0 atom stereocenters. The molecule has 0 fully saturated rings. The lowest BCUT2D eigenvalue weighted by Gasteiger charge is -2.21. The maximum Gasteiger partial charge on any atom is 0.239 e. The maximum atomic E-state index is 11.7. The second-order valence-electron chi connectivity index (χ2n) is 5.58. The van der Waals surface area contributed by atoms with Crippen molar-refractivity contribution in [3.8, 4) is 0 Å². The molecule has 4 heteroatoms. The third-order valence-electron chi connectivity index (χ3n) is 2.61. The van der Waals surface area contributed by atoms with Crippen molar-refractivity contribution in [3.05, 3.63) is 24.0 Å². The average molecular weight is 251 g/mol. The zero-order valence-corrected chi connectivity index (χ0v) is 11.9. The van der Waals surface area contributed by atoms with Gasteiger partial charge < -0.3 is 15.2 Å². The van der Waals surface area contributed by atoms with E-state index in [-0.39, 0.29) is 11.4 Å². The van der Waals surface area contributed by atoms with Crippen molar-refractivity contribution < 1.29 is 4.79 Å². The van der Waals surface area contributed by atoms with Crippen LogP contribution in [0.15, 0.2) is 18.3 Å². The number of hydrogen-bond donors (Lipinski definition) is 2. The summed E-state index contributed by atoms with van der Waals surface area (Å²) >= 11 is 0. The summed E-state index contributed by atoms with van der Waals surface area (Å²) in [6, 6.07) is 4.03. The number of aromatic nitrogens is 1. The van der Waals surface area contributed by atoms with E-state index in [0.717, 1.165) is 25.2 Å². The summed E-state index contributed by atoms with van der Waals surface area (Å²) in [6.07, 6.45) is 2.92. The van der Waals surface area contributed by atoms with Gasteiger partial charge in [0.05, 0.1) is 0 Å². The van der Waals surface area contributed by atoms with Crippen molar-refractivity contribution in [2.45, 2.75) is 52.7 Å². The zero-order chi connectivity index (χ0) is 13.6. The third-order valence-corrected chi connectivity index (χ3v) is 2.61. The Morgan fingerprint density at radius 2 is 2.11 bits per heavy atom. The first-order valence-electron chi connectivity index (χ1n) is 6.58. The molecule has 1 aromatic heterocycles. The van der Waals surface area contributed by atoms with E-state index in [1.807, 2.05) is 22.9 Å². The summed E-state index contributed by atoms with van der Waals surface area (Å²) in [5.41, 5.74) is 1.22. The lowest BCUT2D eigenvalue weighted by molar-refractivity contribution is -0.121. The molecule has 0 aliphatic heterocycles. The quantitative estimate of drug-likeness (QED) is 0.811. The van der Waals surface area contributed by atoms with Gasteiger partial charge in [-0.05, 0) is 39.3 Å². The highest BCUT2D eigenvalue weighted by molar-refractivity contribution is 5.75. The summed E-state index contributed by atoms with van der Waals surface area (Å²) in [5.74, 6) is 0.0741. The lowest BCUT2D eigenvalue weighted by atomic mass is 10.1. The van der Waals surface area contributed by atoms with Crippen LogP contribution < -0.4 is 10.6 Å². The first-order chi connectivity index (χ1) is 8.42. The fourth-order valence-corrected chi connectivity index (χ4v) is 1.59. The predicted octanol–water partition coefficient (Wildman–Crippen LogP) is 1.90. The van der Waals surface area contributed by atoms with Crippen molar-refractivity contribution in [3.63, 3.8) is 0 Å². The fraction of sp³-hybridized carbons (Fsp3) is 0.643. The zero-order valence-electron chi connectivity index (χ0n) is 11.9. The molecular formula is C14H25N3O. The molecule has 1 aromatic rings. The summed E-state index contributed by atoms with van der Waals surface area (Å²) < 4.78 is 1.99. The van der Waals surface area contributed by atoms with Gasteiger partial charge in [0.25, 0.3) is 0 Å². The van der Waals surface area contributed by atoms with Gasteiger partial charge in [0.1, 0.15) is 6.54 Å². The van der Waals surface area contributed by atoms with Crippen LogP contribution in [0, 0.1) is 0 Å². The van der Waals surface area contributed by atoms with Gasteiger partial charge in [-0.15, -0.1) is 0 Å². The van der Waals surface area contributed by atoms with Crippen molar-refractivity contribution in [2.24, 2.45) is 0 Å². The van der Waals surface area contributed by atoms with E-state index in [9.17, 15) is 4.79 Å². The van der Waals surface area contributed by atoms with Gasteiger partial charge in [0, 0.05) is 30.5 Å². The molecule has 0 aromatic carbocycles. The Kier molecular flexibility index (Phi) is 5.41. The molecule has 1 amide bonds. The van der Waals surface area contributed by atoms with Gasteiger partial charge >= 0.3 is 0 Å². The summed E-state index contributed by atoms with van der Waals surface area (Å²) in [7, 11) is 0. The van der Waals surface area contributed by atoms with Crippen LogP contribution in [0.5, 0.6) is 0 Å². The van der Waals surface area contributed by atoms with Crippen LogP contribution >= 0.6 is 0 Å². The van der Waals surface area contributed by atoms with Crippen molar-refractivity contribution in [1.82, 2.24) is 15.2 Å². The molecular weight excluding hydrogens is 226 g/mol. The molecule has 0 saturated heterocycles. The van der Waals surface area contributed by atoms with E-state index in [2.05, 4.69) is 38.3 Å². The van der Waals surface area contributed by atoms with E-state index < -0.39 is 0 Å². The van der Waals surface area contributed by atoms with Crippen LogP contribution in [0.1, 0.15) is 39.8 Å². The van der Waals surface area contributed by atoms with E-state index in [0.29, 0.717) is 6.54 Å². The molecule has 18 heavy (non-hydrogen) atoms. The number of carbonyl (C=O) groups excluding carboxylic acids is 1. The van der Waals surface area contributed by atoms with E-state index in [4.69, 9.17) is 0 Å². The minimum absolute atomic E-state index is 0.0741. The minimum atomic E-state index is 0.0741.